The summed E-state index contributed by atoms with van der Waals surface area (Å²) in [6.07, 6.45) is 1.15. The van der Waals surface area contributed by atoms with Gasteiger partial charge in [-0.25, -0.2) is 4.98 Å². The maximum absolute atomic E-state index is 13.6. The Morgan fingerprint density at radius 2 is 0.982 bits per heavy atom. The van der Waals surface area contributed by atoms with Crippen LogP contribution < -0.4 is 9.80 Å². The van der Waals surface area contributed by atoms with Crippen LogP contribution in [0, 0.1) is 5.92 Å². The van der Waals surface area contributed by atoms with Gasteiger partial charge >= 0.3 is 0 Å². The number of carbonyl (C=O) groups is 1. The number of aromatic nitrogens is 2. The second kappa shape index (κ2) is 15.1. The number of hydrogen-bond acceptors (Lipinski definition) is 7. The van der Waals surface area contributed by atoms with Crippen molar-refractivity contribution in [3.05, 3.63) is 199 Å². The first-order valence-electron chi connectivity index (χ1n) is 18.8. The number of imidazole rings is 1. The molecule has 7 aromatic rings. The minimum Gasteiger partial charge on any atom is -0.391 e. The molecule has 274 valence electrons. The van der Waals surface area contributed by atoms with Crippen LogP contribution in [0.2, 0.25) is 0 Å². The van der Waals surface area contributed by atoms with Crippen LogP contribution >= 0.6 is 0 Å². The summed E-state index contributed by atoms with van der Waals surface area (Å²) >= 11 is 0. The molecular weight excluding hydrogens is 695 g/mol. The molecule has 0 radical (unpaired) electrons. The lowest BCUT2D eigenvalue weighted by atomic mass is 9.89. The van der Waals surface area contributed by atoms with Crippen molar-refractivity contribution in [1.29, 1.82) is 0 Å². The third-order valence-corrected chi connectivity index (χ3v) is 10.7. The fourth-order valence-corrected chi connectivity index (χ4v) is 7.92. The second-order valence-electron chi connectivity index (χ2n) is 14.1. The Morgan fingerprint density at radius 1 is 0.554 bits per heavy atom. The number of hydrogen-bond donors (Lipinski definition) is 3. The van der Waals surface area contributed by atoms with Gasteiger partial charge in [-0.3, -0.25) is 9.79 Å². The third kappa shape index (κ3) is 6.62. The number of Topliss-reactive ketones (excluding diaryl/α,β-unsaturated/α-hetero) is 1. The summed E-state index contributed by atoms with van der Waals surface area (Å²) in [6, 6.07) is 57.1. The van der Waals surface area contributed by atoms with Crippen molar-refractivity contribution in [1.82, 2.24) is 9.97 Å². The molecule has 0 amide bonds. The zero-order chi connectivity index (χ0) is 38.0. The molecule has 2 heterocycles. The van der Waals surface area contributed by atoms with E-state index in [0.29, 0.717) is 23.5 Å². The lowest BCUT2D eigenvalue weighted by Gasteiger charge is -2.25. The normalized spacial score (nSPS) is 19.1. The topological polar surface area (TPSA) is 105 Å². The molecule has 4 atom stereocenters. The van der Waals surface area contributed by atoms with Gasteiger partial charge in [0, 0.05) is 64.2 Å². The molecule has 6 aromatic carbocycles. The number of benzene rings is 6. The molecule has 0 spiro atoms. The van der Waals surface area contributed by atoms with E-state index in [0.717, 1.165) is 51.0 Å². The molecule has 4 unspecified atom stereocenters. The van der Waals surface area contributed by atoms with Crippen molar-refractivity contribution in [3.63, 3.8) is 0 Å². The SMILES string of the molecule is O=C1C(O)C(c2cnc(-c3ccc(N(c4ccccc4)c4ccccc4)cc3)[nH]2)C(O)C1C1=CN=C(c2ccc(N(c3ccccc3)c3ccccc3)cc2)C1. The molecule has 3 N–H and O–H groups in total. The van der Waals surface area contributed by atoms with Gasteiger partial charge in [0.2, 0.25) is 0 Å². The van der Waals surface area contributed by atoms with E-state index in [9.17, 15) is 15.0 Å². The highest BCUT2D eigenvalue weighted by Gasteiger charge is 2.51. The summed E-state index contributed by atoms with van der Waals surface area (Å²) in [6.45, 7) is 0. The maximum Gasteiger partial charge on any atom is 0.171 e. The number of rotatable bonds is 10. The molecule has 1 aliphatic heterocycles. The average molecular weight is 734 g/mol. The Labute approximate surface area is 325 Å². The number of nitrogens with zero attached hydrogens (tertiary/aromatic N) is 4. The van der Waals surface area contributed by atoms with E-state index in [1.54, 1.807) is 12.4 Å². The van der Waals surface area contributed by atoms with Crippen LogP contribution in [0.4, 0.5) is 34.1 Å². The molecule has 1 aliphatic carbocycles. The van der Waals surface area contributed by atoms with E-state index in [1.807, 2.05) is 109 Å². The molecule has 0 bridgehead atoms. The van der Waals surface area contributed by atoms with E-state index >= 15 is 0 Å². The van der Waals surface area contributed by atoms with E-state index in [2.05, 4.69) is 85.4 Å². The third-order valence-electron chi connectivity index (χ3n) is 10.7. The molecule has 8 heteroatoms. The standard InChI is InChI=1S/C48H39N5O3/c54-45-43(34-29-41(49-30-34)32-21-25-39(26-22-32)52(35-13-5-1-6-14-35)36-15-7-2-8-16-36)46(55)47(56)44(45)42-31-50-48(51-42)33-23-27-40(28-24-33)53(37-17-9-3-10-18-37)38-19-11-4-12-20-38/h1-28,30-31,43-45,47,54,56H,29H2,(H,50,51). The van der Waals surface area contributed by atoms with Crippen molar-refractivity contribution >= 4 is 45.6 Å². The van der Waals surface area contributed by atoms with Crippen molar-refractivity contribution in [2.24, 2.45) is 10.9 Å². The number of ketones is 1. The highest BCUT2D eigenvalue weighted by Crippen LogP contribution is 2.43. The Balaban J connectivity index is 0.898. The molecule has 9 rings (SSSR count). The van der Waals surface area contributed by atoms with Crippen LogP contribution in [-0.4, -0.2) is 43.9 Å². The van der Waals surface area contributed by atoms with Crippen LogP contribution in [0.15, 0.2) is 193 Å². The predicted molar refractivity (Wildman–Crippen MR) is 222 cm³/mol. The van der Waals surface area contributed by atoms with Crippen LogP contribution in [0.1, 0.15) is 23.6 Å². The van der Waals surface area contributed by atoms with Crippen LogP contribution in [-0.2, 0) is 4.79 Å². The first-order valence-corrected chi connectivity index (χ1v) is 18.8. The first kappa shape index (κ1) is 34.9. The zero-order valence-electron chi connectivity index (χ0n) is 30.4. The molecule has 8 nitrogen and oxygen atoms in total. The summed E-state index contributed by atoms with van der Waals surface area (Å²) in [5, 5.41) is 22.9. The summed E-state index contributed by atoms with van der Waals surface area (Å²) < 4.78 is 0. The number of carbonyl (C=O) groups excluding carboxylic acids is 1. The number of aliphatic hydroxyl groups excluding tert-OH is 2. The number of nitrogens with one attached hydrogen (secondary N) is 1. The van der Waals surface area contributed by atoms with Crippen LogP contribution in [0.5, 0.6) is 0 Å². The first-order chi connectivity index (χ1) is 27.5. The number of aliphatic imine (C=N–C) groups is 1. The summed E-state index contributed by atoms with van der Waals surface area (Å²) in [5.41, 5.74) is 9.93. The summed E-state index contributed by atoms with van der Waals surface area (Å²) in [4.78, 5) is 30.6. The molecule has 2 aliphatic rings. The molecule has 1 saturated carbocycles. The molecular formula is C48H39N5O3. The van der Waals surface area contributed by atoms with Gasteiger partial charge in [0.25, 0.3) is 0 Å². The Bertz CT molecular complexity index is 2420. The van der Waals surface area contributed by atoms with Gasteiger partial charge in [-0.2, -0.15) is 0 Å². The smallest absolute Gasteiger partial charge is 0.171 e. The number of para-hydroxylation sites is 4. The van der Waals surface area contributed by atoms with Gasteiger partial charge in [-0.05, 0) is 96.1 Å². The van der Waals surface area contributed by atoms with Gasteiger partial charge in [-0.1, -0.05) is 84.9 Å². The highest BCUT2D eigenvalue weighted by molar-refractivity contribution is 6.05. The van der Waals surface area contributed by atoms with Gasteiger partial charge in [0.1, 0.15) is 11.9 Å². The average Bonchev–Trinajstić information content (AvgIpc) is 3.99. The monoisotopic (exact) mass is 733 g/mol. The number of aliphatic hydroxyl groups is 2. The van der Waals surface area contributed by atoms with E-state index < -0.39 is 29.8 Å². The van der Waals surface area contributed by atoms with Gasteiger partial charge in [0.05, 0.1) is 23.7 Å². The number of aromatic amines is 1. The van der Waals surface area contributed by atoms with Crippen LogP contribution in [0.25, 0.3) is 11.4 Å². The Kier molecular flexibility index (Phi) is 9.41. The number of anilines is 6. The zero-order valence-corrected chi connectivity index (χ0v) is 30.4. The molecule has 1 fully saturated rings. The van der Waals surface area contributed by atoms with Crippen molar-refractivity contribution in [2.75, 3.05) is 9.80 Å². The molecule has 1 aromatic heterocycles. The Morgan fingerprint density at radius 3 is 1.45 bits per heavy atom. The summed E-state index contributed by atoms with van der Waals surface area (Å²) in [5.74, 6) is -1.56. The van der Waals surface area contributed by atoms with E-state index in [4.69, 9.17) is 0 Å². The Hall–Kier alpha value is -6.87. The van der Waals surface area contributed by atoms with Crippen LogP contribution in [0.3, 0.4) is 0 Å². The van der Waals surface area contributed by atoms with Gasteiger partial charge < -0.3 is 25.0 Å². The minimum atomic E-state index is -1.39. The maximum atomic E-state index is 13.6. The van der Waals surface area contributed by atoms with Crippen molar-refractivity contribution in [2.45, 2.75) is 24.5 Å². The lowest BCUT2D eigenvalue weighted by Crippen LogP contribution is -2.24. The molecule has 56 heavy (non-hydrogen) atoms. The minimum absolute atomic E-state index is 0.400. The van der Waals surface area contributed by atoms with E-state index in [1.165, 1.54) is 0 Å². The van der Waals surface area contributed by atoms with E-state index in [-0.39, 0.29) is 0 Å². The molecule has 0 saturated heterocycles. The summed E-state index contributed by atoms with van der Waals surface area (Å²) in [7, 11) is 0. The van der Waals surface area contributed by atoms with Crippen molar-refractivity contribution in [3.8, 4) is 11.4 Å². The number of H-pyrrole nitrogens is 1. The van der Waals surface area contributed by atoms with Crippen molar-refractivity contribution < 1.29 is 15.0 Å². The second-order valence-corrected chi connectivity index (χ2v) is 14.1. The fraction of sp³-hybridized carbons (Fsp3) is 0.104. The lowest BCUT2D eigenvalue weighted by molar-refractivity contribution is -0.127. The highest BCUT2D eigenvalue weighted by atomic mass is 16.3. The quantitative estimate of drug-likeness (QED) is 0.129. The van der Waals surface area contributed by atoms with Gasteiger partial charge in [0.15, 0.2) is 5.78 Å². The van der Waals surface area contributed by atoms with Gasteiger partial charge in [-0.15, -0.1) is 0 Å². The fourth-order valence-electron chi connectivity index (χ4n) is 7.92. The predicted octanol–water partition coefficient (Wildman–Crippen LogP) is 9.80. The largest absolute Gasteiger partial charge is 0.391 e.